The number of carboxylic acid groups (broad SMARTS) is 1. The van der Waals surface area contributed by atoms with E-state index < -0.39 is 5.97 Å². The zero-order valence-corrected chi connectivity index (χ0v) is 12.4. The number of halogens is 1. The van der Waals surface area contributed by atoms with Gasteiger partial charge in [0.2, 0.25) is 0 Å². The lowest BCUT2D eigenvalue weighted by molar-refractivity contribution is 0.0691. The minimum atomic E-state index is -1.11. The Morgan fingerprint density at radius 2 is 2.20 bits per heavy atom. The van der Waals surface area contributed by atoms with E-state index in [4.69, 9.17) is 16.7 Å². The first kappa shape index (κ1) is 15.1. The average Bonchev–Trinajstić information content (AvgIpc) is 2.94. The zero-order chi connectivity index (χ0) is 14.5. The minimum Gasteiger partial charge on any atom is -0.476 e. The molecule has 20 heavy (non-hydrogen) atoms. The monoisotopic (exact) mass is 297 g/mol. The van der Waals surface area contributed by atoms with Crippen molar-refractivity contribution in [3.05, 3.63) is 22.8 Å². The number of pyridine rings is 1. The van der Waals surface area contributed by atoms with Crippen molar-refractivity contribution in [2.75, 3.05) is 25.5 Å². The van der Waals surface area contributed by atoms with Gasteiger partial charge < -0.3 is 15.3 Å². The van der Waals surface area contributed by atoms with Gasteiger partial charge in [-0.1, -0.05) is 24.4 Å². The van der Waals surface area contributed by atoms with Gasteiger partial charge >= 0.3 is 5.97 Å². The number of nitrogens with one attached hydrogen (secondary N) is 1. The number of aromatic carboxylic acids is 1. The third-order valence-electron chi connectivity index (χ3n) is 3.77. The highest BCUT2D eigenvalue weighted by molar-refractivity contribution is 6.33. The first-order chi connectivity index (χ1) is 9.58. The van der Waals surface area contributed by atoms with Crippen LogP contribution in [0.4, 0.5) is 5.82 Å². The number of rotatable bonds is 6. The van der Waals surface area contributed by atoms with Crippen molar-refractivity contribution in [2.45, 2.75) is 31.7 Å². The Labute approximate surface area is 123 Å². The second kappa shape index (κ2) is 6.90. The van der Waals surface area contributed by atoms with E-state index >= 15 is 0 Å². The molecule has 6 heteroatoms. The maximum absolute atomic E-state index is 10.9. The van der Waals surface area contributed by atoms with Crippen LogP contribution < -0.4 is 5.32 Å². The quantitative estimate of drug-likeness (QED) is 0.845. The normalized spacial score (nSPS) is 15.8. The Bertz CT molecular complexity index is 475. The van der Waals surface area contributed by atoms with E-state index in [1.54, 1.807) is 12.1 Å². The smallest absolute Gasteiger partial charge is 0.356 e. The maximum atomic E-state index is 10.9. The molecule has 0 spiro atoms. The molecule has 1 heterocycles. The number of hydrogen-bond donors (Lipinski definition) is 2. The van der Waals surface area contributed by atoms with Gasteiger partial charge in [0.05, 0.1) is 5.02 Å². The van der Waals surface area contributed by atoms with Gasteiger partial charge in [0.15, 0.2) is 5.69 Å². The molecule has 0 radical (unpaired) electrons. The summed E-state index contributed by atoms with van der Waals surface area (Å²) in [5, 5.41) is 12.3. The summed E-state index contributed by atoms with van der Waals surface area (Å²) in [6, 6.07) is 3.94. The first-order valence-corrected chi connectivity index (χ1v) is 7.29. The van der Waals surface area contributed by atoms with Gasteiger partial charge in [0.25, 0.3) is 0 Å². The topological polar surface area (TPSA) is 65.5 Å². The van der Waals surface area contributed by atoms with Crippen molar-refractivity contribution in [1.29, 1.82) is 0 Å². The van der Waals surface area contributed by atoms with E-state index in [1.165, 1.54) is 25.7 Å². The summed E-state index contributed by atoms with van der Waals surface area (Å²) in [4.78, 5) is 17.3. The van der Waals surface area contributed by atoms with Crippen molar-refractivity contribution in [1.82, 2.24) is 9.88 Å². The maximum Gasteiger partial charge on any atom is 0.356 e. The zero-order valence-electron chi connectivity index (χ0n) is 11.6. The molecule has 0 atom stereocenters. The van der Waals surface area contributed by atoms with Crippen molar-refractivity contribution in [3.63, 3.8) is 0 Å². The van der Waals surface area contributed by atoms with Crippen LogP contribution in [0.3, 0.4) is 0 Å². The highest BCUT2D eigenvalue weighted by Gasteiger charge is 2.18. The SMILES string of the molecule is CN(CCNc1ccc(Cl)c(C(=O)O)n1)C1CCCC1. The molecule has 2 rings (SSSR count). The van der Waals surface area contributed by atoms with E-state index in [0.717, 1.165) is 13.1 Å². The molecule has 1 aliphatic carbocycles. The lowest BCUT2D eigenvalue weighted by Gasteiger charge is -2.24. The van der Waals surface area contributed by atoms with E-state index in [9.17, 15) is 4.79 Å². The van der Waals surface area contributed by atoms with Crippen molar-refractivity contribution >= 4 is 23.4 Å². The van der Waals surface area contributed by atoms with Crippen molar-refractivity contribution in [2.24, 2.45) is 0 Å². The van der Waals surface area contributed by atoms with Gasteiger partial charge in [-0.15, -0.1) is 0 Å². The summed E-state index contributed by atoms with van der Waals surface area (Å²) in [5.74, 6) is -0.562. The van der Waals surface area contributed by atoms with Crippen LogP contribution in [-0.2, 0) is 0 Å². The van der Waals surface area contributed by atoms with Gasteiger partial charge in [-0.2, -0.15) is 0 Å². The number of anilines is 1. The fourth-order valence-corrected chi connectivity index (χ4v) is 2.76. The Morgan fingerprint density at radius 1 is 1.50 bits per heavy atom. The largest absolute Gasteiger partial charge is 0.476 e. The van der Waals surface area contributed by atoms with Gasteiger partial charge in [-0.05, 0) is 32.0 Å². The van der Waals surface area contributed by atoms with E-state index in [2.05, 4.69) is 22.2 Å². The summed E-state index contributed by atoms with van der Waals surface area (Å²) >= 11 is 5.78. The molecule has 1 aromatic rings. The van der Waals surface area contributed by atoms with Gasteiger partial charge in [0.1, 0.15) is 5.82 Å². The van der Waals surface area contributed by atoms with Gasteiger partial charge in [-0.3, -0.25) is 0 Å². The third kappa shape index (κ3) is 3.84. The molecule has 1 aliphatic rings. The molecule has 0 aliphatic heterocycles. The molecule has 1 fully saturated rings. The molecule has 2 N–H and O–H groups in total. The van der Waals surface area contributed by atoms with Crippen LogP contribution in [0.1, 0.15) is 36.2 Å². The van der Waals surface area contributed by atoms with E-state index in [1.807, 2.05) is 0 Å². The molecule has 1 aromatic heterocycles. The fourth-order valence-electron chi connectivity index (χ4n) is 2.58. The molecule has 110 valence electrons. The number of carboxylic acids is 1. The molecular weight excluding hydrogens is 278 g/mol. The number of likely N-dealkylation sites (N-methyl/N-ethyl adjacent to an activating group) is 1. The van der Waals surface area contributed by atoms with Crippen molar-refractivity contribution < 1.29 is 9.90 Å². The molecule has 0 saturated heterocycles. The van der Waals surface area contributed by atoms with E-state index in [0.29, 0.717) is 11.9 Å². The van der Waals surface area contributed by atoms with Crippen LogP contribution in [0.2, 0.25) is 5.02 Å². The number of hydrogen-bond acceptors (Lipinski definition) is 4. The molecule has 0 bridgehead atoms. The summed E-state index contributed by atoms with van der Waals surface area (Å²) in [5.41, 5.74) is -0.110. The highest BCUT2D eigenvalue weighted by atomic mass is 35.5. The minimum absolute atomic E-state index is 0.110. The summed E-state index contributed by atoms with van der Waals surface area (Å²) in [7, 11) is 2.13. The summed E-state index contributed by atoms with van der Waals surface area (Å²) in [6.45, 7) is 1.65. The summed E-state index contributed by atoms with van der Waals surface area (Å²) < 4.78 is 0. The highest BCUT2D eigenvalue weighted by Crippen LogP contribution is 2.22. The van der Waals surface area contributed by atoms with Gasteiger partial charge in [0, 0.05) is 19.1 Å². The van der Waals surface area contributed by atoms with Crippen LogP contribution >= 0.6 is 11.6 Å². The number of carbonyl (C=O) groups is 1. The van der Waals surface area contributed by atoms with Crippen LogP contribution in [0.5, 0.6) is 0 Å². The molecular formula is C14H20ClN3O2. The second-order valence-electron chi connectivity index (χ2n) is 5.18. The first-order valence-electron chi connectivity index (χ1n) is 6.92. The molecule has 0 aromatic carbocycles. The van der Waals surface area contributed by atoms with Crippen LogP contribution in [0, 0.1) is 0 Å². The summed E-state index contributed by atoms with van der Waals surface area (Å²) in [6.07, 6.45) is 5.20. The standard InChI is InChI=1S/C14H20ClN3O2/c1-18(10-4-2-3-5-10)9-8-16-12-7-6-11(15)13(17-12)14(19)20/h6-7,10H,2-5,8-9H2,1H3,(H,16,17)(H,19,20). The van der Waals surface area contributed by atoms with E-state index in [-0.39, 0.29) is 10.7 Å². The second-order valence-corrected chi connectivity index (χ2v) is 5.58. The third-order valence-corrected chi connectivity index (χ3v) is 4.07. The number of aromatic nitrogens is 1. The molecule has 5 nitrogen and oxygen atoms in total. The predicted octanol–water partition coefficient (Wildman–Crippen LogP) is 2.72. The number of nitrogens with zero attached hydrogens (tertiary/aromatic N) is 2. The average molecular weight is 298 g/mol. The van der Waals surface area contributed by atoms with Crippen molar-refractivity contribution in [3.8, 4) is 0 Å². The molecule has 0 unspecified atom stereocenters. The Kier molecular flexibility index (Phi) is 5.20. The predicted molar refractivity (Wildman–Crippen MR) is 79.6 cm³/mol. The lowest BCUT2D eigenvalue weighted by atomic mass is 10.2. The molecule has 1 saturated carbocycles. The lowest BCUT2D eigenvalue weighted by Crippen LogP contribution is -2.33. The Hall–Kier alpha value is -1.33. The fraction of sp³-hybridized carbons (Fsp3) is 0.571. The Balaban J connectivity index is 1.84. The van der Waals surface area contributed by atoms with Gasteiger partial charge in [-0.25, -0.2) is 9.78 Å². The van der Waals surface area contributed by atoms with Crippen LogP contribution in [-0.4, -0.2) is 47.1 Å². The van der Waals surface area contributed by atoms with Crippen LogP contribution in [0.25, 0.3) is 0 Å². The molecule has 0 amide bonds. The van der Waals surface area contributed by atoms with Crippen LogP contribution in [0.15, 0.2) is 12.1 Å². The Morgan fingerprint density at radius 3 is 2.85 bits per heavy atom.